The van der Waals surface area contributed by atoms with Crippen molar-refractivity contribution >= 4 is 16.7 Å². The highest BCUT2D eigenvalue weighted by atomic mass is 19.4. The topological polar surface area (TPSA) is 58.9 Å². The molecule has 24 heavy (non-hydrogen) atoms. The van der Waals surface area contributed by atoms with E-state index in [1.165, 1.54) is 0 Å². The smallest absolute Gasteiger partial charge is 0.345 e. The van der Waals surface area contributed by atoms with Crippen LogP contribution in [0.2, 0.25) is 0 Å². The molecule has 0 atom stereocenters. The maximum Gasteiger partial charge on any atom is 0.389 e. The summed E-state index contributed by atoms with van der Waals surface area (Å²) in [4.78, 5) is 15.5. The number of fused-ring (bicyclic) bond motifs is 2. The van der Waals surface area contributed by atoms with Crippen LogP contribution in [0.4, 0.5) is 13.2 Å². The Hall–Kier alpha value is -2.90. The number of nitrogens with zero attached hydrogens (tertiary/aromatic N) is 4. The summed E-state index contributed by atoms with van der Waals surface area (Å²) >= 11 is 0. The van der Waals surface area contributed by atoms with E-state index in [1.807, 2.05) is 28.9 Å². The third-order valence-corrected chi connectivity index (χ3v) is 3.81. The van der Waals surface area contributed by atoms with Gasteiger partial charge in [0.2, 0.25) is 0 Å². The van der Waals surface area contributed by atoms with Crippen molar-refractivity contribution < 1.29 is 13.2 Å². The first-order chi connectivity index (χ1) is 11.5. The maximum absolute atomic E-state index is 12.3. The number of hydrogen-bond acceptors (Lipinski definition) is 3. The summed E-state index contributed by atoms with van der Waals surface area (Å²) < 4.78 is 38.8. The number of H-pyrrole nitrogens is 1. The molecule has 0 aliphatic heterocycles. The molecule has 0 aromatic carbocycles. The van der Waals surface area contributed by atoms with Gasteiger partial charge in [-0.15, -0.1) is 0 Å². The third-order valence-electron chi connectivity index (χ3n) is 3.81. The number of aromatic nitrogens is 5. The standard InChI is InChI=1S/C16H12F3N5/c17-16(18,19)4-3-13-21-8-12-11(7-22-15(12)23-13)10-1-2-14-20-5-6-24(14)9-10/h1-2,5-9H,3-4H2,(H,21,22,23). The highest BCUT2D eigenvalue weighted by molar-refractivity contribution is 5.93. The number of alkyl halides is 3. The van der Waals surface area contributed by atoms with Crippen LogP contribution >= 0.6 is 0 Å². The fraction of sp³-hybridized carbons (Fsp3) is 0.188. The van der Waals surface area contributed by atoms with E-state index in [4.69, 9.17) is 0 Å². The second kappa shape index (κ2) is 5.33. The minimum Gasteiger partial charge on any atom is -0.345 e. The Morgan fingerprint density at radius 2 is 2.04 bits per heavy atom. The van der Waals surface area contributed by atoms with Gasteiger partial charge in [-0.1, -0.05) is 0 Å². The molecule has 0 aliphatic carbocycles. The Kier molecular flexibility index (Phi) is 3.26. The SMILES string of the molecule is FC(F)(F)CCc1ncc2c(-c3ccc4nccn4c3)c[nH]c2n1. The molecular weight excluding hydrogens is 319 g/mol. The molecule has 0 unspecified atom stereocenters. The van der Waals surface area contributed by atoms with Crippen LogP contribution in [0.15, 0.2) is 43.1 Å². The first-order valence-corrected chi connectivity index (χ1v) is 7.32. The summed E-state index contributed by atoms with van der Waals surface area (Å²) in [5, 5.41) is 0.769. The van der Waals surface area contributed by atoms with Crippen LogP contribution in [0.3, 0.4) is 0 Å². The number of pyridine rings is 1. The summed E-state index contributed by atoms with van der Waals surface area (Å²) in [5.74, 6) is 0.179. The molecular formula is C16H12F3N5. The second-order valence-corrected chi connectivity index (χ2v) is 5.48. The normalized spacial score (nSPS) is 12.3. The lowest BCUT2D eigenvalue weighted by Gasteiger charge is -2.05. The summed E-state index contributed by atoms with van der Waals surface area (Å²) in [6, 6.07) is 3.83. The number of rotatable bonds is 3. The van der Waals surface area contributed by atoms with E-state index >= 15 is 0 Å². The number of imidazole rings is 1. The van der Waals surface area contributed by atoms with Crippen molar-refractivity contribution in [2.45, 2.75) is 19.0 Å². The molecule has 0 aliphatic rings. The van der Waals surface area contributed by atoms with E-state index in [2.05, 4.69) is 19.9 Å². The van der Waals surface area contributed by atoms with Gasteiger partial charge in [0, 0.05) is 53.9 Å². The van der Waals surface area contributed by atoms with Gasteiger partial charge in [0.05, 0.1) is 6.42 Å². The first-order valence-electron chi connectivity index (χ1n) is 7.32. The van der Waals surface area contributed by atoms with Crippen molar-refractivity contribution in [1.82, 2.24) is 24.3 Å². The third kappa shape index (κ3) is 2.70. The second-order valence-electron chi connectivity index (χ2n) is 5.48. The van der Waals surface area contributed by atoms with E-state index in [1.54, 1.807) is 18.6 Å². The quantitative estimate of drug-likeness (QED) is 0.622. The molecule has 1 N–H and O–H groups in total. The molecule has 0 saturated carbocycles. The van der Waals surface area contributed by atoms with Crippen molar-refractivity contribution in [3.63, 3.8) is 0 Å². The summed E-state index contributed by atoms with van der Waals surface area (Å²) in [6.07, 6.45) is 3.48. The Morgan fingerprint density at radius 1 is 1.17 bits per heavy atom. The first kappa shape index (κ1) is 14.7. The van der Waals surface area contributed by atoms with Crippen molar-refractivity contribution in [1.29, 1.82) is 0 Å². The number of halogens is 3. The van der Waals surface area contributed by atoms with E-state index in [9.17, 15) is 13.2 Å². The average Bonchev–Trinajstić information content (AvgIpc) is 3.17. The Bertz CT molecular complexity index is 1020. The lowest BCUT2D eigenvalue weighted by Crippen LogP contribution is -2.10. The molecule has 0 radical (unpaired) electrons. The van der Waals surface area contributed by atoms with Gasteiger partial charge in [-0.05, 0) is 12.1 Å². The van der Waals surface area contributed by atoms with Crippen molar-refractivity contribution in [2.75, 3.05) is 0 Å². The van der Waals surface area contributed by atoms with Crippen LogP contribution in [0, 0.1) is 0 Å². The molecule has 5 nitrogen and oxygen atoms in total. The molecule has 4 aromatic heterocycles. The zero-order valence-corrected chi connectivity index (χ0v) is 12.4. The van der Waals surface area contributed by atoms with Crippen LogP contribution in [0.1, 0.15) is 12.2 Å². The van der Waals surface area contributed by atoms with Gasteiger partial charge in [-0.3, -0.25) is 0 Å². The highest BCUT2D eigenvalue weighted by Gasteiger charge is 2.27. The van der Waals surface area contributed by atoms with Gasteiger partial charge in [-0.2, -0.15) is 13.2 Å². The number of aryl methyl sites for hydroxylation is 1. The van der Waals surface area contributed by atoms with Crippen molar-refractivity contribution in [3.8, 4) is 11.1 Å². The van der Waals surface area contributed by atoms with Crippen LogP contribution < -0.4 is 0 Å². The minimum atomic E-state index is -4.21. The van der Waals surface area contributed by atoms with Crippen molar-refractivity contribution in [3.05, 3.63) is 48.9 Å². The lowest BCUT2D eigenvalue weighted by atomic mass is 10.1. The molecule has 0 spiro atoms. The predicted octanol–water partition coefficient (Wildman–Crippen LogP) is 3.77. The van der Waals surface area contributed by atoms with Gasteiger partial charge < -0.3 is 9.38 Å². The van der Waals surface area contributed by atoms with Crippen LogP contribution in [0.5, 0.6) is 0 Å². The van der Waals surface area contributed by atoms with Crippen LogP contribution in [0.25, 0.3) is 27.8 Å². The molecule has 4 heterocycles. The molecule has 0 fully saturated rings. The summed E-state index contributed by atoms with van der Waals surface area (Å²) in [5.41, 5.74) is 3.20. The molecule has 4 rings (SSSR count). The number of aromatic amines is 1. The Balaban J connectivity index is 1.69. The zero-order chi connectivity index (χ0) is 16.7. The largest absolute Gasteiger partial charge is 0.389 e. The fourth-order valence-electron chi connectivity index (χ4n) is 2.64. The Morgan fingerprint density at radius 3 is 2.88 bits per heavy atom. The van der Waals surface area contributed by atoms with E-state index in [0.717, 1.165) is 22.2 Å². The van der Waals surface area contributed by atoms with Crippen LogP contribution in [-0.4, -0.2) is 30.5 Å². The molecule has 8 heteroatoms. The minimum absolute atomic E-state index is 0.179. The number of hydrogen-bond donors (Lipinski definition) is 1. The average molecular weight is 331 g/mol. The molecule has 0 bridgehead atoms. The van der Waals surface area contributed by atoms with Crippen molar-refractivity contribution in [2.24, 2.45) is 0 Å². The molecule has 0 saturated heterocycles. The monoisotopic (exact) mass is 331 g/mol. The van der Waals surface area contributed by atoms with Gasteiger partial charge in [0.1, 0.15) is 17.1 Å². The van der Waals surface area contributed by atoms with Gasteiger partial charge >= 0.3 is 6.18 Å². The highest BCUT2D eigenvalue weighted by Crippen LogP contribution is 2.28. The Labute approximate surface area is 134 Å². The lowest BCUT2D eigenvalue weighted by molar-refractivity contribution is -0.134. The predicted molar refractivity (Wildman–Crippen MR) is 82.5 cm³/mol. The number of nitrogens with one attached hydrogen (secondary N) is 1. The van der Waals surface area contributed by atoms with Gasteiger partial charge in [0.25, 0.3) is 0 Å². The zero-order valence-electron chi connectivity index (χ0n) is 12.4. The van der Waals surface area contributed by atoms with E-state index in [0.29, 0.717) is 5.65 Å². The maximum atomic E-state index is 12.3. The van der Waals surface area contributed by atoms with Crippen LogP contribution in [-0.2, 0) is 6.42 Å². The summed E-state index contributed by atoms with van der Waals surface area (Å²) in [7, 11) is 0. The molecule has 4 aromatic rings. The molecule has 122 valence electrons. The van der Waals surface area contributed by atoms with Gasteiger partial charge in [0.15, 0.2) is 0 Å². The fourth-order valence-corrected chi connectivity index (χ4v) is 2.64. The molecule has 0 amide bonds. The summed E-state index contributed by atoms with van der Waals surface area (Å²) in [6.45, 7) is 0. The van der Waals surface area contributed by atoms with E-state index in [-0.39, 0.29) is 12.2 Å². The van der Waals surface area contributed by atoms with Gasteiger partial charge in [-0.25, -0.2) is 15.0 Å². The van der Waals surface area contributed by atoms with E-state index < -0.39 is 12.6 Å².